The number of nitrogens with zero attached hydrogens (tertiary/aromatic N) is 1. The van der Waals surface area contributed by atoms with Crippen LogP contribution in [0.4, 0.5) is 11.4 Å². The number of hydrogen-bond donors (Lipinski definition) is 1. The molecule has 2 aromatic rings. The first kappa shape index (κ1) is 12.3. The molecule has 2 aromatic carbocycles. The molecule has 3 rings (SSSR count). The Kier molecular flexibility index (Phi) is 3.12. The first-order chi connectivity index (χ1) is 9.74. The van der Waals surface area contributed by atoms with Gasteiger partial charge in [-0.2, -0.15) is 0 Å². The molecule has 0 aliphatic carbocycles. The average Bonchev–Trinajstić information content (AvgIpc) is 2.94. The molecule has 1 aliphatic rings. The van der Waals surface area contributed by atoms with Crippen LogP contribution >= 0.6 is 0 Å². The van der Waals surface area contributed by atoms with Crippen LogP contribution in [0.15, 0.2) is 42.5 Å². The van der Waals surface area contributed by atoms with Gasteiger partial charge >= 0.3 is 0 Å². The zero-order chi connectivity index (χ0) is 13.9. The predicted octanol–water partition coefficient (Wildman–Crippen LogP) is 2.94. The fourth-order valence-electron chi connectivity index (χ4n) is 2.06. The predicted molar refractivity (Wildman–Crippen MR) is 73.0 cm³/mol. The molecule has 1 N–H and O–H groups in total. The molecular formula is C14H12N2O4. The third kappa shape index (κ3) is 2.35. The summed E-state index contributed by atoms with van der Waals surface area (Å²) in [6.07, 6.45) is 0. The Labute approximate surface area is 115 Å². The zero-order valence-electron chi connectivity index (χ0n) is 10.5. The van der Waals surface area contributed by atoms with E-state index in [1.807, 2.05) is 18.2 Å². The molecule has 0 saturated heterocycles. The van der Waals surface area contributed by atoms with Crippen molar-refractivity contribution < 1.29 is 14.4 Å². The van der Waals surface area contributed by atoms with Crippen molar-refractivity contribution >= 4 is 11.4 Å². The van der Waals surface area contributed by atoms with E-state index in [0.29, 0.717) is 12.2 Å². The minimum atomic E-state index is -0.414. The summed E-state index contributed by atoms with van der Waals surface area (Å²) < 4.78 is 10.7. The Morgan fingerprint density at radius 3 is 2.90 bits per heavy atom. The molecule has 1 aliphatic heterocycles. The number of para-hydroxylation sites is 1. The highest BCUT2D eigenvalue weighted by Gasteiger charge is 2.16. The number of ether oxygens (including phenoxy) is 2. The van der Waals surface area contributed by atoms with E-state index in [9.17, 15) is 10.1 Å². The van der Waals surface area contributed by atoms with Crippen LogP contribution in [0.25, 0.3) is 0 Å². The SMILES string of the molecule is O=[N+]([O-])c1cccc(NCc2cccc3c2OCO3)c1. The van der Waals surface area contributed by atoms with Gasteiger partial charge in [-0.3, -0.25) is 10.1 Å². The molecule has 0 atom stereocenters. The van der Waals surface area contributed by atoms with Gasteiger partial charge in [-0.1, -0.05) is 18.2 Å². The molecule has 0 saturated carbocycles. The van der Waals surface area contributed by atoms with Gasteiger partial charge < -0.3 is 14.8 Å². The van der Waals surface area contributed by atoms with Gasteiger partial charge in [-0.15, -0.1) is 0 Å². The third-order valence-corrected chi connectivity index (χ3v) is 3.02. The van der Waals surface area contributed by atoms with Crippen LogP contribution < -0.4 is 14.8 Å². The van der Waals surface area contributed by atoms with Crippen molar-refractivity contribution in [3.8, 4) is 11.5 Å². The molecule has 0 bridgehead atoms. The number of fused-ring (bicyclic) bond motifs is 1. The second kappa shape index (κ2) is 5.08. The number of nitro benzene ring substituents is 1. The second-order valence-corrected chi connectivity index (χ2v) is 4.31. The van der Waals surface area contributed by atoms with Gasteiger partial charge in [0.1, 0.15) is 0 Å². The van der Waals surface area contributed by atoms with Crippen LogP contribution in [-0.2, 0) is 6.54 Å². The van der Waals surface area contributed by atoms with Crippen molar-refractivity contribution in [1.82, 2.24) is 0 Å². The fourth-order valence-corrected chi connectivity index (χ4v) is 2.06. The summed E-state index contributed by atoms with van der Waals surface area (Å²) in [5.74, 6) is 1.45. The van der Waals surface area contributed by atoms with Gasteiger partial charge in [-0.05, 0) is 12.1 Å². The van der Waals surface area contributed by atoms with Crippen LogP contribution in [-0.4, -0.2) is 11.7 Å². The lowest BCUT2D eigenvalue weighted by atomic mass is 10.2. The Bertz CT molecular complexity index is 657. The molecule has 0 fully saturated rings. The lowest BCUT2D eigenvalue weighted by Crippen LogP contribution is -2.01. The largest absolute Gasteiger partial charge is 0.454 e. The van der Waals surface area contributed by atoms with E-state index < -0.39 is 4.92 Å². The molecule has 0 radical (unpaired) electrons. The Balaban J connectivity index is 1.76. The second-order valence-electron chi connectivity index (χ2n) is 4.31. The maximum Gasteiger partial charge on any atom is 0.271 e. The van der Waals surface area contributed by atoms with Crippen LogP contribution in [0, 0.1) is 10.1 Å². The van der Waals surface area contributed by atoms with Crippen molar-refractivity contribution in [2.24, 2.45) is 0 Å². The topological polar surface area (TPSA) is 73.6 Å². The van der Waals surface area contributed by atoms with Crippen molar-refractivity contribution in [3.63, 3.8) is 0 Å². The van der Waals surface area contributed by atoms with Gasteiger partial charge in [0.15, 0.2) is 11.5 Å². The van der Waals surface area contributed by atoms with E-state index in [0.717, 1.165) is 17.1 Å². The van der Waals surface area contributed by atoms with E-state index >= 15 is 0 Å². The van der Waals surface area contributed by atoms with E-state index in [2.05, 4.69) is 5.32 Å². The van der Waals surface area contributed by atoms with Gasteiger partial charge in [0.05, 0.1) is 4.92 Å². The number of benzene rings is 2. The summed E-state index contributed by atoms with van der Waals surface area (Å²) >= 11 is 0. The lowest BCUT2D eigenvalue weighted by molar-refractivity contribution is -0.384. The molecular weight excluding hydrogens is 260 g/mol. The maximum absolute atomic E-state index is 10.7. The first-order valence-electron chi connectivity index (χ1n) is 6.10. The molecule has 0 spiro atoms. The highest BCUT2D eigenvalue weighted by atomic mass is 16.7. The number of nitro groups is 1. The lowest BCUT2D eigenvalue weighted by Gasteiger charge is -2.08. The van der Waals surface area contributed by atoms with Gasteiger partial charge in [0.25, 0.3) is 5.69 Å². The van der Waals surface area contributed by atoms with Gasteiger partial charge in [0, 0.05) is 29.9 Å². The summed E-state index contributed by atoms with van der Waals surface area (Å²) in [6, 6.07) is 12.1. The molecule has 6 heteroatoms. The Morgan fingerprint density at radius 1 is 1.20 bits per heavy atom. The number of hydrogen-bond acceptors (Lipinski definition) is 5. The molecule has 0 amide bonds. The summed E-state index contributed by atoms with van der Waals surface area (Å²) in [5.41, 5.74) is 1.70. The van der Waals surface area contributed by atoms with Crippen molar-refractivity contribution in [3.05, 3.63) is 58.1 Å². The van der Waals surface area contributed by atoms with Crippen LogP contribution in [0.5, 0.6) is 11.5 Å². The smallest absolute Gasteiger partial charge is 0.271 e. The standard InChI is InChI=1S/C14H12N2O4/c17-16(18)12-5-2-4-11(7-12)15-8-10-3-1-6-13-14(10)20-9-19-13/h1-7,15H,8-9H2. The molecule has 6 nitrogen and oxygen atoms in total. The third-order valence-electron chi connectivity index (χ3n) is 3.02. The maximum atomic E-state index is 10.7. The van der Waals surface area contributed by atoms with Crippen LogP contribution in [0.2, 0.25) is 0 Å². The number of rotatable bonds is 4. The average molecular weight is 272 g/mol. The monoisotopic (exact) mass is 272 g/mol. The van der Waals surface area contributed by atoms with E-state index in [1.165, 1.54) is 12.1 Å². The molecule has 102 valence electrons. The number of nitrogens with one attached hydrogen (secondary N) is 1. The molecule has 1 heterocycles. The van der Waals surface area contributed by atoms with E-state index in [4.69, 9.17) is 9.47 Å². The number of anilines is 1. The quantitative estimate of drug-likeness (QED) is 0.684. The summed E-state index contributed by atoms with van der Waals surface area (Å²) in [6.45, 7) is 0.733. The van der Waals surface area contributed by atoms with E-state index in [1.54, 1.807) is 12.1 Å². The zero-order valence-corrected chi connectivity index (χ0v) is 10.5. The Hall–Kier alpha value is -2.76. The fraction of sp³-hybridized carbons (Fsp3) is 0.143. The summed E-state index contributed by atoms with van der Waals surface area (Å²) in [4.78, 5) is 10.3. The van der Waals surface area contributed by atoms with Crippen LogP contribution in [0.3, 0.4) is 0 Å². The summed E-state index contributed by atoms with van der Waals surface area (Å²) in [7, 11) is 0. The molecule has 0 unspecified atom stereocenters. The van der Waals surface area contributed by atoms with Crippen molar-refractivity contribution in [2.75, 3.05) is 12.1 Å². The molecule has 20 heavy (non-hydrogen) atoms. The van der Waals surface area contributed by atoms with Crippen LogP contribution in [0.1, 0.15) is 5.56 Å². The number of non-ortho nitro benzene ring substituents is 1. The highest BCUT2D eigenvalue weighted by molar-refractivity contribution is 5.53. The normalized spacial score (nSPS) is 12.2. The minimum absolute atomic E-state index is 0.0628. The highest BCUT2D eigenvalue weighted by Crippen LogP contribution is 2.35. The first-order valence-corrected chi connectivity index (χ1v) is 6.10. The van der Waals surface area contributed by atoms with Crippen molar-refractivity contribution in [1.29, 1.82) is 0 Å². The van der Waals surface area contributed by atoms with Gasteiger partial charge in [-0.25, -0.2) is 0 Å². The van der Waals surface area contributed by atoms with E-state index in [-0.39, 0.29) is 12.5 Å². The molecule has 0 aromatic heterocycles. The Morgan fingerprint density at radius 2 is 2.05 bits per heavy atom. The van der Waals surface area contributed by atoms with Crippen molar-refractivity contribution in [2.45, 2.75) is 6.54 Å². The summed E-state index contributed by atoms with van der Waals surface area (Å²) in [5, 5.41) is 13.9. The van der Waals surface area contributed by atoms with Gasteiger partial charge in [0.2, 0.25) is 6.79 Å². The minimum Gasteiger partial charge on any atom is -0.454 e.